The van der Waals surface area contributed by atoms with Crippen molar-refractivity contribution >= 4 is 15.7 Å². The quantitative estimate of drug-likeness (QED) is 0.775. The van der Waals surface area contributed by atoms with E-state index in [-0.39, 0.29) is 42.1 Å². The van der Waals surface area contributed by atoms with Gasteiger partial charge in [-0.05, 0) is 23.6 Å². The molecule has 0 saturated carbocycles. The summed E-state index contributed by atoms with van der Waals surface area (Å²) in [6.07, 6.45) is -0.0408. The molecule has 21 heavy (non-hydrogen) atoms. The van der Waals surface area contributed by atoms with E-state index in [1.165, 1.54) is 17.0 Å². The smallest absolute Gasteiger partial charge is 0.223 e. The molecule has 6 heteroatoms. The van der Waals surface area contributed by atoms with Crippen LogP contribution in [0.1, 0.15) is 25.8 Å². The monoisotopic (exact) mass is 315 g/mol. The number of nitrogens with zero attached hydrogens (tertiary/aromatic N) is 1. The van der Waals surface area contributed by atoms with Gasteiger partial charge in [-0.15, -0.1) is 0 Å². The summed E-state index contributed by atoms with van der Waals surface area (Å²) in [5, 5.41) is 0. The van der Waals surface area contributed by atoms with Gasteiger partial charge in [-0.1, -0.05) is 26.0 Å². The summed E-state index contributed by atoms with van der Waals surface area (Å²) in [6.45, 7) is 3.92. The normalized spacial score (nSPS) is 11.7. The molecule has 1 aromatic carbocycles. The molecule has 0 spiro atoms. The third-order valence-electron chi connectivity index (χ3n) is 2.95. The van der Waals surface area contributed by atoms with Crippen molar-refractivity contribution in [1.29, 1.82) is 0 Å². The molecule has 118 valence electrons. The van der Waals surface area contributed by atoms with E-state index in [9.17, 15) is 17.6 Å². The number of hydrogen-bond acceptors (Lipinski definition) is 3. The van der Waals surface area contributed by atoms with Crippen LogP contribution in [0.5, 0.6) is 0 Å². The lowest BCUT2D eigenvalue weighted by molar-refractivity contribution is -0.130. The molecular weight excluding hydrogens is 293 g/mol. The molecule has 0 unspecified atom stereocenters. The van der Waals surface area contributed by atoms with Gasteiger partial charge in [0, 0.05) is 20.0 Å². The maximum absolute atomic E-state index is 13.1. The lowest BCUT2D eigenvalue weighted by Gasteiger charge is -2.17. The summed E-state index contributed by atoms with van der Waals surface area (Å²) < 4.78 is 36.6. The highest BCUT2D eigenvalue weighted by molar-refractivity contribution is 7.91. The van der Waals surface area contributed by atoms with E-state index in [2.05, 4.69) is 0 Å². The third-order valence-corrected chi connectivity index (χ3v) is 4.95. The molecule has 0 heterocycles. The average molecular weight is 315 g/mol. The minimum Gasteiger partial charge on any atom is -0.341 e. The second-order valence-electron chi connectivity index (χ2n) is 5.64. The lowest BCUT2D eigenvalue weighted by atomic mass is 10.2. The molecule has 0 radical (unpaired) electrons. The molecule has 1 aromatic rings. The third kappa shape index (κ3) is 6.71. The first-order valence-corrected chi connectivity index (χ1v) is 8.70. The van der Waals surface area contributed by atoms with Crippen LogP contribution in [0.25, 0.3) is 0 Å². The standard InChI is InChI=1S/C15H22FNO3S/c1-12(2)11-21(19,20)8-7-15(18)17(3)10-13-5-4-6-14(16)9-13/h4-6,9,12H,7-8,10-11H2,1-3H3. The number of carbonyl (C=O) groups excluding carboxylic acids is 1. The highest BCUT2D eigenvalue weighted by Crippen LogP contribution is 2.08. The molecule has 0 aliphatic rings. The van der Waals surface area contributed by atoms with Crippen LogP contribution in [0.4, 0.5) is 4.39 Å². The van der Waals surface area contributed by atoms with Crippen LogP contribution in [0, 0.1) is 11.7 Å². The predicted octanol–water partition coefficient (Wildman–Crippen LogP) is 2.25. The van der Waals surface area contributed by atoms with Crippen LogP contribution in [0.3, 0.4) is 0 Å². The van der Waals surface area contributed by atoms with E-state index in [1.807, 2.05) is 13.8 Å². The van der Waals surface area contributed by atoms with Crippen molar-refractivity contribution in [3.8, 4) is 0 Å². The van der Waals surface area contributed by atoms with Gasteiger partial charge in [-0.2, -0.15) is 0 Å². The summed E-state index contributed by atoms with van der Waals surface area (Å²) in [5.41, 5.74) is 0.677. The van der Waals surface area contributed by atoms with Crippen molar-refractivity contribution in [2.24, 2.45) is 5.92 Å². The largest absolute Gasteiger partial charge is 0.341 e. The molecule has 0 saturated heterocycles. The fraction of sp³-hybridized carbons (Fsp3) is 0.533. The van der Waals surface area contributed by atoms with Crippen molar-refractivity contribution in [1.82, 2.24) is 4.90 Å². The number of benzene rings is 1. The Morgan fingerprint density at radius 1 is 1.33 bits per heavy atom. The second kappa shape index (κ2) is 7.54. The second-order valence-corrected chi connectivity index (χ2v) is 7.87. The van der Waals surface area contributed by atoms with Gasteiger partial charge in [0.1, 0.15) is 5.82 Å². The van der Waals surface area contributed by atoms with Gasteiger partial charge < -0.3 is 4.90 Å². The number of sulfone groups is 1. The van der Waals surface area contributed by atoms with Crippen LogP contribution in [0.2, 0.25) is 0 Å². The van der Waals surface area contributed by atoms with Crippen LogP contribution in [-0.2, 0) is 21.2 Å². The van der Waals surface area contributed by atoms with Gasteiger partial charge >= 0.3 is 0 Å². The van der Waals surface area contributed by atoms with Crippen molar-refractivity contribution < 1.29 is 17.6 Å². The minimum atomic E-state index is -3.20. The summed E-state index contributed by atoms with van der Waals surface area (Å²) in [6, 6.07) is 6.00. The molecular formula is C15H22FNO3S. The Kier molecular flexibility index (Phi) is 6.33. The highest BCUT2D eigenvalue weighted by Gasteiger charge is 2.17. The first kappa shape index (κ1) is 17.6. The van der Waals surface area contributed by atoms with Crippen molar-refractivity contribution in [2.45, 2.75) is 26.8 Å². The highest BCUT2D eigenvalue weighted by atomic mass is 32.2. The van der Waals surface area contributed by atoms with E-state index in [0.29, 0.717) is 5.56 Å². The van der Waals surface area contributed by atoms with E-state index in [4.69, 9.17) is 0 Å². The maximum atomic E-state index is 13.1. The number of hydrogen-bond donors (Lipinski definition) is 0. The van der Waals surface area contributed by atoms with Crippen molar-refractivity contribution in [2.75, 3.05) is 18.6 Å². The van der Waals surface area contributed by atoms with Crippen LogP contribution in [-0.4, -0.2) is 37.8 Å². The zero-order chi connectivity index (χ0) is 16.0. The summed E-state index contributed by atoms with van der Waals surface area (Å²) in [5.74, 6) is -0.611. The van der Waals surface area contributed by atoms with Gasteiger partial charge in [0.05, 0.1) is 11.5 Å². The minimum absolute atomic E-state index is 0.0408. The van der Waals surface area contributed by atoms with Crippen LogP contribution < -0.4 is 0 Å². The summed E-state index contributed by atoms with van der Waals surface area (Å²) in [7, 11) is -1.61. The maximum Gasteiger partial charge on any atom is 0.223 e. The number of rotatable bonds is 7. The van der Waals surface area contributed by atoms with Crippen molar-refractivity contribution in [3.05, 3.63) is 35.6 Å². The average Bonchev–Trinajstić information content (AvgIpc) is 2.34. The molecule has 1 amide bonds. The topological polar surface area (TPSA) is 54.5 Å². The van der Waals surface area contributed by atoms with Crippen LogP contribution in [0.15, 0.2) is 24.3 Å². The SMILES string of the molecule is CC(C)CS(=O)(=O)CCC(=O)N(C)Cc1cccc(F)c1. The molecule has 4 nitrogen and oxygen atoms in total. The number of amides is 1. The van der Waals surface area contributed by atoms with Gasteiger partial charge in [0.25, 0.3) is 0 Å². The molecule has 0 atom stereocenters. The van der Waals surface area contributed by atoms with Gasteiger partial charge in [-0.3, -0.25) is 4.79 Å². The molecule has 0 aliphatic carbocycles. The molecule has 1 rings (SSSR count). The Morgan fingerprint density at radius 2 is 2.00 bits per heavy atom. The predicted molar refractivity (Wildman–Crippen MR) is 81.0 cm³/mol. The zero-order valence-electron chi connectivity index (χ0n) is 12.7. The van der Waals surface area contributed by atoms with Gasteiger partial charge in [0.15, 0.2) is 9.84 Å². The summed E-state index contributed by atoms with van der Waals surface area (Å²) >= 11 is 0. The first-order chi connectivity index (χ1) is 9.69. The van der Waals surface area contributed by atoms with E-state index >= 15 is 0 Å². The molecule has 0 aromatic heterocycles. The Morgan fingerprint density at radius 3 is 2.57 bits per heavy atom. The molecule has 0 N–H and O–H groups in total. The van der Waals surface area contributed by atoms with Gasteiger partial charge in [0.2, 0.25) is 5.91 Å². The number of halogens is 1. The van der Waals surface area contributed by atoms with Gasteiger partial charge in [-0.25, -0.2) is 12.8 Å². The molecule has 0 fully saturated rings. The first-order valence-electron chi connectivity index (χ1n) is 6.88. The zero-order valence-corrected chi connectivity index (χ0v) is 13.5. The summed E-state index contributed by atoms with van der Waals surface area (Å²) in [4.78, 5) is 13.3. The fourth-order valence-corrected chi connectivity index (χ4v) is 3.69. The molecule has 0 aliphatic heterocycles. The Balaban J connectivity index is 2.52. The fourth-order valence-electron chi connectivity index (χ4n) is 2.02. The van der Waals surface area contributed by atoms with Crippen LogP contribution >= 0.6 is 0 Å². The Hall–Kier alpha value is -1.43. The van der Waals surface area contributed by atoms with E-state index < -0.39 is 9.84 Å². The van der Waals surface area contributed by atoms with E-state index in [1.54, 1.807) is 19.2 Å². The lowest BCUT2D eigenvalue weighted by Crippen LogP contribution is -2.28. The Bertz CT molecular complexity index is 584. The van der Waals surface area contributed by atoms with E-state index in [0.717, 1.165) is 0 Å². The molecule has 0 bridgehead atoms. The van der Waals surface area contributed by atoms with Crippen molar-refractivity contribution in [3.63, 3.8) is 0 Å². The Labute approximate surface area is 125 Å². The number of carbonyl (C=O) groups is 1.